The molecule has 1 fully saturated rings. The van der Waals surface area contributed by atoms with Gasteiger partial charge < -0.3 is 10.6 Å². The summed E-state index contributed by atoms with van der Waals surface area (Å²) in [4.78, 5) is 13.3. The number of hydrogen-bond donors (Lipinski definition) is 2. The standard InChI is InChI=1S/C12H19N7/c1-8(2)18-3-5-19(6-4-18)11-9-7-14-17-10(9)15-12(13)16-11/h7-8H,3-6H2,1-2H3,(H3,13,14,15,16,17). The summed E-state index contributed by atoms with van der Waals surface area (Å²) < 4.78 is 0. The van der Waals surface area contributed by atoms with Crippen LogP contribution in [0, 0.1) is 0 Å². The second-order valence-corrected chi connectivity index (χ2v) is 5.15. The molecule has 0 unspecified atom stereocenters. The lowest BCUT2D eigenvalue weighted by molar-refractivity contribution is 0.209. The number of aromatic nitrogens is 4. The predicted molar refractivity (Wildman–Crippen MR) is 75.0 cm³/mol. The fourth-order valence-corrected chi connectivity index (χ4v) is 2.53. The summed E-state index contributed by atoms with van der Waals surface area (Å²) in [5, 5.41) is 7.81. The van der Waals surface area contributed by atoms with Gasteiger partial charge >= 0.3 is 0 Å². The zero-order valence-corrected chi connectivity index (χ0v) is 11.3. The first-order valence-electron chi connectivity index (χ1n) is 6.61. The highest BCUT2D eigenvalue weighted by Gasteiger charge is 2.22. The molecule has 0 aliphatic carbocycles. The molecule has 0 spiro atoms. The van der Waals surface area contributed by atoms with Crippen molar-refractivity contribution in [2.45, 2.75) is 19.9 Å². The number of H-pyrrole nitrogens is 1. The summed E-state index contributed by atoms with van der Waals surface area (Å²) in [7, 11) is 0. The number of nitrogens with one attached hydrogen (secondary N) is 1. The largest absolute Gasteiger partial charge is 0.368 e. The predicted octanol–water partition coefficient (Wildman–Crippen LogP) is 0.465. The molecule has 0 amide bonds. The van der Waals surface area contributed by atoms with Crippen molar-refractivity contribution < 1.29 is 0 Å². The van der Waals surface area contributed by atoms with E-state index in [1.54, 1.807) is 6.20 Å². The molecule has 0 saturated carbocycles. The fourth-order valence-electron chi connectivity index (χ4n) is 2.53. The van der Waals surface area contributed by atoms with Crippen LogP contribution in [0.15, 0.2) is 6.20 Å². The van der Waals surface area contributed by atoms with E-state index in [9.17, 15) is 0 Å². The highest BCUT2D eigenvalue weighted by Crippen LogP contribution is 2.24. The first kappa shape index (κ1) is 12.2. The van der Waals surface area contributed by atoms with Crippen LogP contribution in [0.2, 0.25) is 0 Å². The molecular weight excluding hydrogens is 242 g/mol. The molecule has 0 atom stereocenters. The Balaban J connectivity index is 1.87. The molecular formula is C12H19N7. The number of fused-ring (bicyclic) bond motifs is 1. The first-order valence-corrected chi connectivity index (χ1v) is 6.61. The van der Waals surface area contributed by atoms with Gasteiger partial charge in [-0.25, -0.2) is 0 Å². The van der Waals surface area contributed by atoms with Crippen LogP contribution in [0.25, 0.3) is 11.0 Å². The molecule has 2 aromatic heterocycles. The van der Waals surface area contributed by atoms with Crippen LogP contribution in [0.4, 0.5) is 11.8 Å². The molecule has 3 rings (SSSR count). The third-order valence-electron chi connectivity index (χ3n) is 3.65. The van der Waals surface area contributed by atoms with Gasteiger partial charge in [-0.05, 0) is 13.8 Å². The second kappa shape index (κ2) is 4.65. The van der Waals surface area contributed by atoms with E-state index in [4.69, 9.17) is 5.73 Å². The minimum Gasteiger partial charge on any atom is -0.368 e. The van der Waals surface area contributed by atoms with Gasteiger partial charge in [-0.15, -0.1) is 0 Å². The topological polar surface area (TPSA) is 87.0 Å². The van der Waals surface area contributed by atoms with Crippen LogP contribution < -0.4 is 10.6 Å². The Morgan fingerprint density at radius 3 is 2.63 bits per heavy atom. The molecule has 3 heterocycles. The van der Waals surface area contributed by atoms with E-state index >= 15 is 0 Å². The van der Waals surface area contributed by atoms with E-state index in [0.29, 0.717) is 11.7 Å². The number of nitrogen functional groups attached to an aromatic ring is 1. The number of nitrogens with zero attached hydrogens (tertiary/aromatic N) is 5. The summed E-state index contributed by atoms with van der Waals surface area (Å²) in [6, 6.07) is 0.589. The average Bonchev–Trinajstić information content (AvgIpc) is 2.85. The van der Waals surface area contributed by atoms with Gasteiger partial charge in [0.05, 0.1) is 11.6 Å². The molecule has 2 aromatic rings. The molecule has 1 saturated heterocycles. The second-order valence-electron chi connectivity index (χ2n) is 5.15. The number of nitrogens with two attached hydrogens (primary N) is 1. The maximum absolute atomic E-state index is 5.76. The third kappa shape index (κ3) is 2.21. The van der Waals surface area contributed by atoms with Crippen molar-refractivity contribution in [3.05, 3.63) is 6.20 Å². The quantitative estimate of drug-likeness (QED) is 0.817. The first-order chi connectivity index (χ1) is 9.15. The van der Waals surface area contributed by atoms with Gasteiger partial charge in [0.1, 0.15) is 5.82 Å². The van der Waals surface area contributed by atoms with Gasteiger partial charge in [0.15, 0.2) is 5.65 Å². The van der Waals surface area contributed by atoms with Crippen molar-refractivity contribution in [2.24, 2.45) is 0 Å². The van der Waals surface area contributed by atoms with Crippen molar-refractivity contribution >= 4 is 22.8 Å². The van der Waals surface area contributed by atoms with E-state index in [2.05, 4.69) is 43.8 Å². The number of hydrogen-bond acceptors (Lipinski definition) is 6. The summed E-state index contributed by atoms with van der Waals surface area (Å²) in [5.74, 6) is 1.18. The fraction of sp³-hybridized carbons (Fsp3) is 0.583. The molecule has 3 N–H and O–H groups in total. The molecule has 7 nitrogen and oxygen atoms in total. The zero-order valence-electron chi connectivity index (χ0n) is 11.3. The van der Waals surface area contributed by atoms with Gasteiger partial charge in [0, 0.05) is 32.2 Å². The van der Waals surface area contributed by atoms with Crippen LogP contribution >= 0.6 is 0 Å². The third-order valence-corrected chi connectivity index (χ3v) is 3.65. The molecule has 7 heteroatoms. The monoisotopic (exact) mass is 261 g/mol. The Morgan fingerprint density at radius 1 is 1.21 bits per heavy atom. The van der Waals surface area contributed by atoms with Crippen molar-refractivity contribution in [3.63, 3.8) is 0 Å². The van der Waals surface area contributed by atoms with Crippen LogP contribution in [-0.2, 0) is 0 Å². The minimum atomic E-state index is 0.290. The van der Waals surface area contributed by atoms with E-state index in [0.717, 1.165) is 37.4 Å². The van der Waals surface area contributed by atoms with Crippen molar-refractivity contribution in [2.75, 3.05) is 36.8 Å². The van der Waals surface area contributed by atoms with E-state index in [-0.39, 0.29) is 5.95 Å². The van der Waals surface area contributed by atoms with E-state index in [1.165, 1.54) is 0 Å². The summed E-state index contributed by atoms with van der Waals surface area (Å²) >= 11 is 0. The lowest BCUT2D eigenvalue weighted by atomic mass is 10.2. The van der Waals surface area contributed by atoms with Gasteiger partial charge in [0.2, 0.25) is 5.95 Å². The smallest absolute Gasteiger partial charge is 0.224 e. The Bertz CT molecular complexity index is 568. The van der Waals surface area contributed by atoms with Crippen LogP contribution in [0.3, 0.4) is 0 Å². The normalized spacial score (nSPS) is 17.5. The van der Waals surface area contributed by atoms with Gasteiger partial charge in [-0.2, -0.15) is 15.1 Å². The van der Waals surface area contributed by atoms with Gasteiger partial charge in [0.25, 0.3) is 0 Å². The van der Waals surface area contributed by atoms with E-state index < -0.39 is 0 Å². The highest BCUT2D eigenvalue weighted by atomic mass is 15.3. The summed E-state index contributed by atoms with van der Waals surface area (Å²) in [5.41, 5.74) is 6.46. The Labute approximate surface area is 111 Å². The molecule has 0 radical (unpaired) electrons. The van der Waals surface area contributed by atoms with Crippen LogP contribution in [0.1, 0.15) is 13.8 Å². The lowest BCUT2D eigenvalue weighted by Gasteiger charge is -2.37. The zero-order chi connectivity index (χ0) is 13.4. The van der Waals surface area contributed by atoms with Gasteiger partial charge in [-0.3, -0.25) is 10.00 Å². The van der Waals surface area contributed by atoms with Crippen molar-refractivity contribution in [1.82, 2.24) is 25.1 Å². The SMILES string of the molecule is CC(C)N1CCN(c2nc(N)nc3[nH]ncc23)CC1. The Hall–Kier alpha value is -1.89. The lowest BCUT2D eigenvalue weighted by Crippen LogP contribution is -2.49. The number of anilines is 2. The summed E-state index contributed by atoms with van der Waals surface area (Å²) in [6.07, 6.45) is 1.76. The van der Waals surface area contributed by atoms with E-state index in [1.807, 2.05) is 0 Å². The highest BCUT2D eigenvalue weighted by molar-refractivity contribution is 5.87. The van der Waals surface area contributed by atoms with Gasteiger partial charge in [-0.1, -0.05) is 0 Å². The van der Waals surface area contributed by atoms with Crippen molar-refractivity contribution in [3.8, 4) is 0 Å². The van der Waals surface area contributed by atoms with Crippen LogP contribution in [-0.4, -0.2) is 57.3 Å². The van der Waals surface area contributed by atoms with Crippen LogP contribution in [0.5, 0.6) is 0 Å². The summed E-state index contributed by atoms with van der Waals surface area (Å²) in [6.45, 7) is 8.45. The number of rotatable bonds is 2. The molecule has 0 aromatic carbocycles. The maximum atomic E-state index is 5.76. The minimum absolute atomic E-state index is 0.290. The molecule has 1 aliphatic rings. The molecule has 19 heavy (non-hydrogen) atoms. The Morgan fingerprint density at radius 2 is 1.95 bits per heavy atom. The molecule has 1 aliphatic heterocycles. The van der Waals surface area contributed by atoms with Crippen molar-refractivity contribution in [1.29, 1.82) is 0 Å². The number of aromatic amines is 1. The average molecular weight is 261 g/mol. The maximum Gasteiger partial charge on any atom is 0.224 e. The Kier molecular flexibility index (Phi) is 2.98. The number of piperazine rings is 1. The molecule has 102 valence electrons. The molecule has 0 bridgehead atoms.